The third kappa shape index (κ3) is 6.91. The fourth-order valence-electron chi connectivity index (χ4n) is 2.09. The van der Waals surface area contributed by atoms with Crippen LogP contribution in [0.4, 0.5) is 0 Å². The summed E-state index contributed by atoms with van der Waals surface area (Å²) in [6, 6.07) is 6.37. The summed E-state index contributed by atoms with van der Waals surface area (Å²) in [6.45, 7) is 1.23. The molecule has 130 valence electrons. The third-order valence-electron chi connectivity index (χ3n) is 3.21. The van der Waals surface area contributed by atoms with Crippen molar-refractivity contribution in [3.8, 4) is 0 Å². The van der Waals surface area contributed by atoms with Crippen LogP contribution in [0, 0.1) is 0 Å². The fraction of sp³-hybridized carbons (Fsp3) is 0.375. The normalized spacial score (nSPS) is 12.7. The van der Waals surface area contributed by atoms with E-state index in [1.165, 1.54) is 6.92 Å². The number of hydrogen-bond acceptors (Lipinski definition) is 6. The van der Waals surface area contributed by atoms with Crippen LogP contribution in [-0.2, 0) is 25.6 Å². The predicted molar refractivity (Wildman–Crippen MR) is 78.9 cm³/mol. The van der Waals surface area contributed by atoms with E-state index in [1.807, 2.05) is 0 Å². The number of carbonyl (C=O) groups is 4. The van der Waals surface area contributed by atoms with Crippen molar-refractivity contribution >= 4 is 23.8 Å². The Hall–Kier alpha value is -2.90. The Morgan fingerprint density at radius 2 is 1.62 bits per heavy atom. The number of carbonyl (C=O) groups excluding carboxylic acids is 4. The second-order valence-electron chi connectivity index (χ2n) is 5.23. The van der Waals surface area contributed by atoms with E-state index in [1.54, 1.807) is 30.3 Å². The molecule has 0 heterocycles. The van der Waals surface area contributed by atoms with Gasteiger partial charge in [-0.15, -0.1) is 0 Å². The first-order valence-corrected chi connectivity index (χ1v) is 7.31. The van der Waals surface area contributed by atoms with Crippen molar-refractivity contribution in [3.63, 3.8) is 0 Å². The standard InChI is InChI=1S/C16H20N2O6/c1-10(19)17-13(9-11-5-3-2-4-6-11)15(22)18-12(16(23)24)7-8-14(20)21/h2-6,12-13H,7-9H2,1H3,(H,17,19)(H,18,22)(H,20,21)(H,23,24)/p-2/t12-,13-/m1/s1. The van der Waals surface area contributed by atoms with E-state index < -0.39 is 42.3 Å². The SMILES string of the molecule is CC(=O)N[C@H](Cc1ccccc1)C(=O)N[C@H](CCC(=O)[O-])C(=O)[O-]. The topological polar surface area (TPSA) is 138 Å². The van der Waals surface area contributed by atoms with Gasteiger partial charge in [0, 0.05) is 19.3 Å². The first-order valence-electron chi connectivity index (χ1n) is 7.31. The van der Waals surface area contributed by atoms with Crippen molar-refractivity contribution in [2.24, 2.45) is 0 Å². The molecule has 2 amide bonds. The summed E-state index contributed by atoms with van der Waals surface area (Å²) < 4.78 is 0. The van der Waals surface area contributed by atoms with Crippen molar-refractivity contribution in [2.45, 2.75) is 38.3 Å². The first kappa shape index (κ1) is 19.1. The number of carboxylic acid groups (broad SMARTS) is 2. The average Bonchev–Trinajstić information content (AvgIpc) is 2.50. The van der Waals surface area contributed by atoms with Gasteiger partial charge < -0.3 is 30.4 Å². The predicted octanol–water partition coefficient (Wildman–Crippen LogP) is -2.50. The number of amides is 2. The Labute approximate surface area is 138 Å². The number of hydrogen-bond donors (Lipinski definition) is 2. The van der Waals surface area contributed by atoms with E-state index in [2.05, 4.69) is 10.6 Å². The second-order valence-corrected chi connectivity index (χ2v) is 5.23. The number of aliphatic carboxylic acids is 2. The Morgan fingerprint density at radius 3 is 2.12 bits per heavy atom. The molecule has 1 aromatic carbocycles. The zero-order chi connectivity index (χ0) is 18.1. The smallest absolute Gasteiger partial charge is 0.243 e. The molecule has 8 heteroatoms. The molecule has 0 aliphatic rings. The van der Waals surface area contributed by atoms with Crippen LogP contribution >= 0.6 is 0 Å². The van der Waals surface area contributed by atoms with Crippen LogP contribution < -0.4 is 20.8 Å². The van der Waals surface area contributed by atoms with E-state index in [9.17, 15) is 29.4 Å². The number of carboxylic acids is 2. The van der Waals surface area contributed by atoms with Crippen molar-refractivity contribution < 1.29 is 29.4 Å². The van der Waals surface area contributed by atoms with Crippen LogP contribution in [0.1, 0.15) is 25.3 Å². The molecule has 8 nitrogen and oxygen atoms in total. The zero-order valence-electron chi connectivity index (χ0n) is 13.1. The van der Waals surface area contributed by atoms with Gasteiger partial charge in [0.05, 0.1) is 12.0 Å². The van der Waals surface area contributed by atoms with E-state index >= 15 is 0 Å². The van der Waals surface area contributed by atoms with Crippen molar-refractivity contribution in [1.29, 1.82) is 0 Å². The van der Waals surface area contributed by atoms with Crippen LogP contribution in [0.5, 0.6) is 0 Å². The quantitative estimate of drug-likeness (QED) is 0.512. The molecule has 2 atom stereocenters. The summed E-state index contributed by atoms with van der Waals surface area (Å²) >= 11 is 0. The minimum Gasteiger partial charge on any atom is -0.550 e. The maximum absolute atomic E-state index is 12.3. The van der Waals surface area contributed by atoms with Crippen molar-refractivity contribution in [3.05, 3.63) is 35.9 Å². The van der Waals surface area contributed by atoms with Crippen LogP contribution in [0.25, 0.3) is 0 Å². The molecular weight excluding hydrogens is 316 g/mol. The Kier molecular flexibility index (Phi) is 7.41. The minimum atomic E-state index is -1.61. The Balaban J connectivity index is 2.79. The molecule has 0 aliphatic heterocycles. The highest BCUT2D eigenvalue weighted by atomic mass is 16.4. The summed E-state index contributed by atoms with van der Waals surface area (Å²) in [6.07, 6.45) is -0.747. The monoisotopic (exact) mass is 334 g/mol. The molecule has 0 aromatic heterocycles. The van der Waals surface area contributed by atoms with E-state index in [4.69, 9.17) is 0 Å². The average molecular weight is 334 g/mol. The van der Waals surface area contributed by atoms with E-state index in [0.717, 1.165) is 5.56 Å². The third-order valence-corrected chi connectivity index (χ3v) is 3.21. The van der Waals surface area contributed by atoms with E-state index in [-0.39, 0.29) is 12.8 Å². The van der Waals surface area contributed by atoms with Crippen molar-refractivity contribution in [1.82, 2.24) is 10.6 Å². The maximum atomic E-state index is 12.3. The second kappa shape index (κ2) is 9.29. The molecule has 0 aliphatic carbocycles. The lowest BCUT2D eigenvalue weighted by molar-refractivity contribution is -0.310. The van der Waals surface area contributed by atoms with Gasteiger partial charge in [0.2, 0.25) is 11.8 Å². The summed E-state index contributed by atoms with van der Waals surface area (Å²) in [5.41, 5.74) is 0.770. The maximum Gasteiger partial charge on any atom is 0.243 e. The molecule has 2 N–H and O–H groups in total. The fourth-order valence-corrected chi connectivity index (χ4v) is 2.09. The van der Waals surface area contributed by atoms with E-state index in [0.29, 0.717) is 0 Å². The van der Waals surface area contributed by atoms with Gasteiger partial charge in [-0.25, -0.2) is 0 Å². The zero-order valence-corrected chi connectivity index (χ0v) is 13.1. The molecule has 0 fully saturated rings. The summed E-state index contributed by atoms with van der Waals surface area (Å²) in [7, 11) is 0. The van der Waals surface area contributed by atoms with Gasteiger partial charge in [-0.3, -0.25) is 9.59 Å². The lowest BCUT2D eigenvalue weighted by Crippen LogP contribution is -2.55. The lowest BCUT2D eigenvalue weighted by Gasteiger charge is -2.24. The van der Waals surface area contributed by atoms with Gasteiger partial charge in [0.15, 0.2) is 0 Å². The van der Waals surface area contributed by atoms with Gasteiger partial charge in [0.1, 0.15) is 6.04 Å². The molecule has 24 heavy (non-hydrogen) atoms. The molecule has 0 saturated heterocycles. The minimum absolute atomic E-state index is 0.159. The summed E-state index contributed by atoms with van der Waals surface area (Å²) in [4.78, 5) is 45.0. The van der Waals surface area contributed by atoms with Crippen LogP contribution in [0.2, 0.25) is 0 Å². The molecule has 0 unspecified atom stereocenters. The Morgan fingerprint density at radius 1 is 1.00 bits per heavy atom. The van der Waals surface area contributed by atoms with Gasteiger partial charge in [0.25, 0.3) is 0 Å². The molecule has 0 bridgehead atoms. The van der Waals surface area contributed by atoms with Gasteiger partial charge in [-0.2, -0.15) is 0 Å². The van der Waals surface area contributed by atoms with Crippen LogP contribution in [0.3, 0.4) is 0 Å². The molecule has 1 rings (SSSR count). The van der Waals surface area contributed by atoms with Crippen LogP contribution in [0.15, 0.2) is 30.3 Å². The van der Waals surface area contributed by atoms with Crippen LogP contribution in [-0.4, -0.2) is 35.8 Å². The lowest BCUT2D eigenvalue weighted by atomic mass is 10.0. The van der Waals surface area contributed by atoms with Gasteiger partial charge >= 0.3 is 0 Å². The molecule has 0 radical (unpaired) electrons. The molecule has 0 spiro atoms. The highest BCUT2D eigenvalue weighted by molar-refractivity contribution is 5.90. The number of rotatable bonds is 9. The highest BCUT2D eigenvalue weighted by Crippen LogP contribution is 2.05. The molecule has 1 aromatic rings. The first-order chi connectivity index (χ1) is 11.3. The largest absolute Gasteiger partial charge is 0.550 e. The van der Waals surface area contributed by atoms with Gasteiger partial charge in [-0.1, -0.05) is 30.3 Å². The highest BCUT2D eigenvalue weighted by Gasteiger charge is 2.23. The molecule has 0 saturated carbocycles. The van der Waals surface area contributed by atoms with Crippen molar-refractivity contribution in [2.75, 3.05) is 0 Å². The summed E-state index contributed by atoms with van der Waals surface area (Å²) in [5.74, 6) is -4.23. The number of benzene rings is 1. The van der Waals surface area contributed by atoms with Gasteiger partial charge in [-0.05, 0) is 18.4 Å². The molecular formula is C16H18N2O6-2. The summed E-state index contributed by atoms with van der Waals surface area (Å²) in [5, 5.41) is 26.1. The number of nitrogens with one attached hydrogen (secondary N) is 2. The Bertz CT molecular complexity index is 602.